The van der Waals surface area contributed by atoms with Gasteiger partial charge in [-0.3, -0.25) is 4.79 Å². The highest BCUT2D eigenvalue weighted by Crippen LogP contribution is 2.41. The largest absolute Gasteiger partial charge is 0.366 e. The van der Waals surface area contributed by atoms with Gasteiger partial charge in [0, 0.05) is 11.1 Å². The first-order valence-corrected chi connectivity index (χ1v) is 9.68. The van der Waals surface area contributed by atoms with Crippen molar-refractivity contribution in [1.82, 2.24) is 0 Å². The molecular weight excluding hydrogens is 386 g/mol. The van der Waals surface area contributed by atoms with Gasteiger partial charge in [0.15, 0.2) is 0 Å². The number of benzene rings is 4. The van der Waals surface area contributed by atoms with Crippen LogP contribution in [-0.2, 0) is 0 Å². The molecule has 0 aliphatic carbocycles. The molecule has 0 atom stereocenters. The minimum absolute atomic E-state index is 0.399. The Morgan fingerprint density at radius 1 is 0.548 bits per heavy atom. The quantitative estimate of drug-likeness (QED) is 0.335. The van der Waals surface area contributed by atoms with E-state index >= 15 is 0 Å². The van der Waals surface area contributed by atoms with Gasteiger partial charge in [-0.1, -0.05) is 66.7 Å². The van der Waals surface area contributed by atoms with E-state index in [0.717, 1.165) is 5.69 Å². The first-order chi connectivity index (χ1) is 15.2. The highest BCUT2D eigenvalue weighted by atomic mass is 16.1. The van der Waals surface area contributed by atoms with Crippen LogP contribution in [0.25, 0.3) is 11.1 Å². The van der Waals surface area contributed by atoms with Crippen LogP contribution >= 0.6 is 0 Å². The molecule has 0 fully saturated rings. The highest BCUT2D eigenvalue weighted by Gasteiger charge is 2.15. The number of primary amides is 1. The van der Waals surface area contributed by atoms with Gasteiger partial charge < -0.3 is 5.73 Å². The fourth-order valence-electron chi connectivity index (χ4n) is 3.08. The van der Waals surface area contributed by atoms with E-state index in [-0.39, 0.29) is 0 Å². The first kappa shape index (κ1) is 19.8. The van der Waals surface area contributed by atoms with Crippen LogP contribution in [0.5, 0.6) is 0 Å². The maximum Gasteiger partial charge on any atom is 0.249 e. The van der Waals surface area contributed by atoms with Gasteiger partial charge in [-0.05, 0) is 42.0 Å². The molecule has 0 heterocycles. The summed E-state index contributed by atoms with van der Waals surface area (Å²) in [5.74, 6) is -0.516. The molecule has 31 heavy (non-hydrogen) atoms. The molecule has 150 valence electrons. The molecular formula is C25H19N5O. The Kier molecular flexibility index (Phi) is 6.00. The lowest BCUT2D eigenvalue weighted by Gasteiger charge is -2.10. The molecule has 4 rings (SSSR count). The summed E-state index contributed by atoms with van der Waals surface area (Å²) < 4.78 is 0. The van der Waals surface area contributed by atoms with Crippen LogP contribution in [0.2, 0.25) is 0 Å². The predicted octanol–water partition coefficient (Wildman–Crippen LogP) is 7.28. The summed E-state index contributed by atoms with van der Waals surface area (Å²) in [5.41, 5.74) is 9.80. The molecule has 0 bridgehead atoms. The molecule has 6 heteroatoms. The van der Waals surface area contributed by atoms with E-state index in [4.69, 9.17) is 5.73 Å². The third kappa shape index (κ3) is 4.76. The third-order valence-corrected chi connectivity index (χ3v) is 4.55. The zero-order valence-corrected chi connectivity index (χ0v) is 16.6. The number of carbonyl (C=O) groups excluding carboxylic acids is 1. The van der Waals surface area contributed by atoms with E-state index in [0.29, 0.717) is 33.8 Å². The molecule has 6 nitrogen and oxygen atoms in total. The number of rotatable bonds is 6. The normalized spacial score (nSPS) is 11.2. The molecule has 4 aromatic carbocycles. The zero-order chi connectivity index (χ0) is 21.5. The molecule has 0 spiro atoms. The van der Waals surface area contributed by atoms with E-state index in [9.17, 15) is 4.79 Å². The lowest BCUT2D eigenvalue weighted by molar-refractivity contribution is 0.100. The molecule has 0 aromatic heterocycles. The predicted molar refractivity (Wildman–Crippen MR) is 122 cm³/mol. The number of amides is 1. The number of azo groups is 2. The molecule has 2 N–H and O–H groups in total. The van der Waals surface area contributed by atoms with Crippen molar-refractivity contribution in [2.75, 3.05) is 0 Å². The number of carbonyl (C=O) groups is 1. The summed E-state index contributed by atoms with van der Waals surface area (Å²) in [7, 11) is 0. The molecule has 0 aliphatic heterocycles. The Bertz CT molecular complexity index is 1250. The van der Waals surface area contributed by atoms with E-state index in [2.05, 4.69) is 20.5 Å². The Morgan fingerprint density at radius 2 is 1.10 bits per heavy atom. The van der Waals surface area contributed by atoms with Crippen LogP contribution < -0.4 is 5.73 Å². The fraction of sp³-hybridized carbons (Fsp3) is 0. The first-order valence-electron chi connectivity index (χ1n) is 9.68. The topological polar surface area (TPSA) is 92.5 Å². The van der Waals surface area contributed by atoms with Crippen LogP contribution in [0.4, 0.5) is 22.7 Å². The standard InChI is InChI=1S/C25H19N5O/c26-25(31)22-15-8-7-14-20(22)21-16-9-17-23(29-27-18-10-3-1-4-11-18)24(21)30-28-19-12-5-2-6-13-19/h1-17H,(H2,26,31)/b29-27+,30-28+. The van der Waals surface area contributed by atoms with Gasteiger partial charge in [0.1, 0.15) is 11.4 Å². The second-order valence-electron chi connectivity index (χ2n) is 6.65. The number of nitrogens with two attached hydrogens (primary N) is 1. The van der Waals surface area contributed by atoms with Crippen LogP contribution in [0.3, 0.4) is 0 Å². The van der Waals surface area contributed by atoms with E-state index in [1.807, 2.05) is 91.0 Å². The summed E-state index contributed by atoms with van der Waals surface area (Å²) in [6.45, 7) is 0. The van der Waals surface area contributed by atoms with Crippen LogP contribution in [0, 0.1) is 0 Å². The minimum Gasteiger partial charge on any atom is -0.366 e. The van der Waals surface area contributed by atoms with Crippen molar-refractivity contribution in [3.05, 3.63) is 109 Å². The highest BCUT2D eigenvalue weighted by molar-refractivity contribution is 6.02. The van der Waals surface area contributed by atoms with Gasteiger partial charge in [0.2, 0.25) is 5.91 Å². The number of hydrogen-bond donors (Lipinski definition) is 1. The van der Waals surface area contributed by atoms with Gasteiger partial charge >= 0.3 is 0 Å². The van der Waals surface area contributed by atoms with Crippen molar-refractivity contribution in [3.8, 4) is 11.1 Å². The summed E-state index contributed by atoms with van der Waals surface area (Å²) in [5, 5.41) is 17.6. The summed E-state index contributed by atoms with van der Waals surface area (Å²) >= 11 is 0. The lowest BCUT2D eigenvalue weighted by Crippen LogP contribution is -2.12. The van der Waals surface area contributed by atoms with E-state index < -0.39 is 5.91 Å². The maximum atomic E-state index is 12.0. The van der Waals surface area contributed by atoms with Crippen molar-refractivity contribution < 1.29 is 4.79 Å². The van der Waals surface area contributed by atoms with E-state index in [1.54, 1.807) is 12.1 Å². The molecule has 0 aliphatic rings. The molecule has 1 amide bonds. The monoisotopic (exact) mass is 405 g/mol. The SMILES string of the molecule is NC(=O)c1ccccc1-c1cccc(/N=N/c2ccccc2)c1/N=N/c1ccccc1. The second kappa shape index (κ2) is 9.37. The summed E-state index contributed by atoms with van der Waals surface area (Å²) in [4.78, 5) is 12.0. The molecule has 0 saturated carbocycles. The number of hydrogen-bond acceptors (Lipinski definition) is 5. The number of nitrogens with zero attached hydrogens (tertiary/aromatic N) is 4. The van der Waals surface area contributed by atoms with Crippen molar-refractivity contribution in [2.45, 2.75) is 0 Å². The van der Waals surface area contributed by atoms with Crippen molar-refractivity contribution >= 4 is 28.7 Å². The molecule has 0 unspecified atom stereocenters. The Labute approximate surface area is 179 Å². The maximum absolute atomic E-state index is 12.0. The summed E-state index contributed by atoms with van der Waals surface area (Å²) in [6, 6.07) is 31.5. The Hall–Kier alpha value is -4.45. The average molecular weight is 405 g/mol. The van der Waals surface area contributed by atoms with Crippen molar-refractivity contribution in [1.29, 1.82) is 0 Å². The van der Waals surface area contributed by atoms with Crippen molar-refractivity contribution in [3.63, 3.8) is 0 Å². The lowest BCUT2D eigenvalue weighted by atomic mass is 9.97. The fourth-order valence-corrected chi connectivity index (χ4v) is 3.08. The van der Waals surface area contributed by atoms with Gasteiger partial charge in [-0.2, -0.15) is 10.2 Å². The van der Waals surface area contributed by atoms with Gasteiger partial charge in [0.05, 0.1) is 11.4 Å². The molecule has 0 saturated heterocycles. The zero-order valence-electron chi connectivity index (χ0n) is 16.6. The molecule has 0 radical (unpaired) electrons. The minimum atomic E-state index is -0.516. The van der Waals surface area contributed by atoms with Gasteiger partial charge in [-0.25, -0.2) is 0 Å². The molecule has 4 aromatic rings. The average Bonchev–Trinajstić information content (AvgIpc) is 2.83. The van der Waals surface area contributed by atoms with Gasteiger partial charge in [-0.15, -0.1) is 10.2 Å². The van der Waals surface area contributed by atoms with Gasteiger partial charge in [0.25, 0.3) is 0 Å². The van der Waals surface area contributed by atoms with Crippen molar-refractivity contribution in [2.24, 2.45) is 26.2 Å². The third-order valence-electron chi connectivity index (χ3n) is 4.55. The Balaban J connectivity index is 1.86. The smallest absolute Gasteiger partial charge is 0.249 e. The Morgan fingerprint density at radius 3 is 1.74 bits per heavy atom. The van der Waals surface area contributed by atoms with Crippen LogP contribution in [0.1, 0.15) is 10.4 Å². The summed E-state index contributed by atoms with van der Waals surface area (Å²) in [6.07, 6.45) is 0. The second-order valence-corrected chi connectivity index (χ2v) is 6.65. The van der Waals surface area contributed by atoms with Crippen LogP contribution in [-0.4, -0.2) is 5.91 Å². The van der Waals surface area contributed by atoms with Crippen LogP contribution in [0.15, 0.2) is 124 Å². The van der Waals surface area contributed by atoms with E-state index in [1.165, 1.54) is 0 Å².